The van der Waals surface area contributed by atoms with E-state index in [0.717, 1.165) is 23.1 Å². The molecule has 0 aliphatic rings. The Morgan fingerprint density at radius 1 is 1.10 bits per heavy atom. The van der Waals surface area contributed by atoms with Gasteiger partial charge in [-0.25, -0.2) is 0 Å². The van der Waals surface area contributed by atoms with Crippen molar-refractivity contribution in [1.29, 1.82) is 0 Å². The van der Waals surface area contributed by atoms with Gasteiger partial charge < -0.3 is 10.1 Å². The molecule has 0 aromatic heterocycles. The highest BCUT2D eigenvalue weighted by Gasteiger charge is 2.12. The van der Waals surface area contributed by atoms with E-state index in [4.69, 9.17) is 4.74 Å². The van der Waals surface area contributed by atoms with Crippen LogP contribution in [0.15, 0.2) is 46.9 Å². The Bertz CT molecular complexity index is 580. The first-order valence-electron chi connectivity index (χ1n) is 7.26. The van der Waals surface area contributed by atoms with Crippen LogP contribution in [0.1, 0.15) is 29.7 Å². The molecule has 21 heavy (non-hydrogen) atoms. The molecule has 112 valence electrons. The van der Waals surface area contributed by atoms with Crippen molar-refractivity contribution in [1.82, 2.24) is 5.32 Å². The van der Waals surface area contributed by atoms with Crippen LogP contribution in [-0.4, -0.2) is 14.2 Å². The molecule has 1 unspecified atom stereocenters. The zero-order valence-electron chi connectivity index (χ0n) is 12.8. The van der Waals surface area contributed by atoms with E-state index in [1.165, 1.54) is 16.7 Å². The summed E-state index contributed by atoms with van der Waals surface area (Å²) in [4.78, 5) is 0. The number of halogens is 1. The van der Waals surface area contributed by atoms with E-state index in [-0.39, 0.29) is 0 Å². The molecule has 0 heterocycles. The molecule has 0 spiro atoms. The number of methoxy groups -OCH3 is 1. The van der Waals surface area contributed by atoms with Gasteiger partial charge >= 0.3 is 0 Å². The molecule has 1 N–H and O–H groups in total. The summed E-state index contributed by atoms with van der Waals surface area (Å²) in [7, 11) is 3.69. The maximum absolute atomic E-state index is 5.29. The van der Waals surface area contributed by atoms with Crippen molar-refractivity contribution in [2.75, 3.05) is 14.2 Å². The van der Waals surface area contributed by atoms with Gasteiger partial charge in [0.05, 0.1) is 11.6 Å². The molecule has 0 amide bonds. The Kier molecular flexibility index (Phi) is 5.83. The fourth-order valence-corrected chi connectivity index (χ4v) is 2.99. The molecule has 2 aromatic rings. The lowest BCUT2D eigenvalue weighted by Gasteiger charge is -2.18. The summed E-state index contributed by atoms with van der Waals surface area (Å²) in [5, 5.41) is 3.40. The number of hydrogen-bond donors (Lipinski definition) is 1. The van der Waals surface area contributed by atoms with Gasteiger partial charge in [0.25, 0.3) is 0 Å². The van der Waals surface area contributed by atoms with Gasteiger partial charge in [0.2, 0.25) is 0 Å². The number of ether oxygens (including phenoxy) is 1. The summed E-state index contributed by atoms with van der Waals surface area (Å²) in [6, 6.07) is 15.4. The van der Waals surface area contributed by atoms with Crippen LogP contribution in [0.25, 0.3) is 0 Å². The molecule has 0 saturated carbocycles. The van der Waals surface area contributed by atoms with Crippen LogP contribution < -0.4 is 10.1 Å². The molecule has 0 saturated heterocycles. The summed E-state index contributed by atoms with van der Waals surface area (Å²) in [6.45, 7) is 2.18. The second kappa shape index (κ2) is 7.62. The molecular formula is C18H22BrNO. The highest BCUT2D eigenvalue weighted by Crippen LogP contribution is 2.29. The Labute approximate surface area is 135 Å². The number of hydrogen-bond acceptors (Lipinski definition) is 2. The van der Waals surface area contributed by atoms with Crippen LogP contribution in [0.4, 0.5) is 0 Å². The number of likely N-dealkylation sites (N-methyl/N-ethyl adjacent to an activating group) is 1. The van der Waals surface area contributed by atoms with Gasteiger partial charge in [-0.2, -0.15) is 0 Å². The first-order valence-corrected chi connectivity index (χ1v) is 8.05. The summed E-state index contributed by atoms with van der Waals surface area (Å²) >= 11 is 3.56. The molecule has 1 atom stereocenters. The summed E-state index contributed by atoms with van der Waals surface area (Å²) in [6.07, 6.45) is 2.06. The molecule has 3 heteroatoms. The average molecular weight is 348 g/mol. The molecular weight excluding hydrogens is 326 g/mol. The van der Waals surface area contributed by atoms with Crippen molar-refractivity contribution in [2.24, 2.45) is 0 Å². The van der Waals surface area contributed by atoms with Crippen molar-refractivity contribution in [2.45, 2.75) is 25.8 Å². The Morgan fingerprint density at radius 3 is 2.29 bits per heavy atom. The molecule has 0 fully saturated rings. The van der Waals surface area contributed by atoms with E-state index in [1.807, 2.05) is 13.1 Å². The van der Waals surface area contributed by atoms with E-state index in [0.29, 0.717) is 6.04 Å². The third kappa shape index (κ3) is 4.08. The number of nitrogens with one attached hydrogen (secondary N) is 1. The van der Waals surface area contributed by atoms with E-state index >= 15 is 0 Å². The highest BCUT2D eigenvalue weighted by molar-refractivity contribution is 9.10. The SMILES string of the molecule is CCc1ccc(CC(NC)c2ccc(OC)c(Br)c2)cc1. The Hall–Kier alpha value is -1.32. The van der Waals surface area contributed by atoms with Crippen molar-refractivity contribution in [3.05, 3.63) is 63.6 Å². The van der Waals surface area contributed by atoms with Crippen molar-refractivity contribution in [3.8, 4) is 5.75 Å². The third-order valence-electron chi connectivity index (χ3n) is 3.80. The third-order valence-corrected chi connectivity index (χ3v) is 4.42. The molecule has 2 nitrogen and oxygen atoms in total. The minimum Gasteiger partial charge on any atom is -0.496 e. The summed E-state index contributed by atoms with van der Waals surface area (Å²) < 4.78 is 6.28. The van der Waals surface area contributed by atoms with Crippen molar-refractivity contribution in [3.63, 3.8) is 0 Å². The van der Waals surface area contributed by atoms with Crippen LogP contribution in [0.2, 0.25) is 0 Å². The second-order valence-electron chi connectivity index (χ2n) is 5.11. The second-order valence-corrected chi connectivity index (χ2v) is 5.96. The summed E-state index contributed by atoms with van der Waals surface area (Å²) in [5.41, 5.74) is 3.98. The van der Waals surface area contributed by atoms with E-state index < -0.39 is 0 Å². The van der Waals surface area contributed by atoms with Gasteiger partial charge in [-0.05, 0) is 64.6 Å². The van der Waals surface area contributed by atoms with E-state index in [1.54, 1.807) is 7.11 Å². The van der Waals surface area contributed by atoms with Crippen molar-refractivity contribution < 1.29 is 4.74 Å². The lowest BCUT2D eigenvalue weighted by molar-refractivity contribution is 0.411. The summed E-state index contributed by atoms with van der Waals surface area (Å²) in [5.74, 6) is 0.862. The number of rotatable bonds is 6. The normalized spacial score (nSPS) is 12.2. The Balaban J connectivity index is 2.16. The molecule has 0 radical (unpaired) electrons. The van der Waals surface area contributed by atoms with Gasteiger partial charge in [0.1, 0.15) is 5.75 Å². The standard InChI is InChI=1S/C18H22BrNO/c1-4-13-5-7-14(8-6-13)11-17(20-2)15-9-10-18(21-3)16(19)12-15/h5-10,12,17,20H,4,11H2,1-3H3. The zero-order chi connectivity index (χ0) is 15.2. The molecule has 0 bridgehead atoms. The van der Waals surface area contributed by atoms with Gasteiger partial charge in [-0.1, -0.05) is 37.3 Å². The molecule has 2 rings (SSSR count). The first kappa shape index (κ1) is 16.1. The predicted octanol–water partition coefficient (Wildman–Crippen LogP) is 4.52. The fourth-order valence-electron chi connectivity index (χ4n) is 2.43. The van der Waals surface area contributed by atoms with E-state index in [2.05, 4.69) is 64.6 Å². The smallest absolute Gasteiger partial charge is 0.133 e. The molecule has 0 aliphatic heterocycles. The van der Waals surface area contributed by atoms with Gasteiger partial charge in [-0.15, -0.1) is 0 Å². The van der Waals surface area contributed by atoms with Crippen LogP contribution in [-0.2, 0) is 12.8 Å². The molecule has 0 aliphatic carbocycles. The topological polar surface area (TPSA) is 21.3 Å². The lowest BCUT2D eigenvalue weighted by Crippen LogP contribution is -2.18. The van der Waals surface area contributed by atoms with Gasteiger partial charge in [0, 0.05) is 6.04 Å². The molecule has 2 aromatic carbocycles. The Morgan fingerprint density at radius 2 is 1.76 bits per heavy atom. The van der Waals surface area contributed by atoms with Crippen LogP contribution in [0.3, 0.4) is 0 Å². The zero-order valence-corrected chi connectivity index (χ0v) is 14.4. The van der Waals surface area contributed by atoms with Crippen LogP contribution in [0.5, 0.6) is 5.75 Å². The van der Waals surface area contributed by atoms with Crippen molar-refractivity contribution >= 4 is 15.9 Å². The maximum Gasteiger partial charge on any atom is 0.133 e. The minimum absolute atomic E-state index is 0.291. The van der Waals surface area contributed by atoms with E-state index in [9.17, 15) is 0 Å². The monoisotopic (exact) mass is 347 g/mol. The number of benzene rings is 2. The van der Waals surface area contributed by atoms with Gasteiger partial charge in [0.15, 0.2) is 0 Å². The van der Waals surface area contributed by atoms with Crippen LogP contribution in [0, 0.1) is 0 Å². The number of aryl methyl sites for hydroxylation is 1. The fraction of sp³-hybridized carbons (Fsp3) is 0.333. The lowest BCUT2D eigenvalue weighted by atomic mass is 9.98. The predicted molar refractivity (Wildman–Crippen MR) is 92.0 cm³/mol. The largest absolute Gasteiger partial charge is 0.496 e. The maximum atomic E-state index is 5.29. The quantitative estimate of drug-likeness (QED) is 0.829. The van der Waals surface area contributed by atoms with Gasteiger partial charge in [-0.3, -0.25) is 0 Å². The van der Waals surface area contributed by atoms with Crippen LogP contribution >= 0.6 is 15.9 Å². The average Bonchev–Trinajstić information content (AvgIpc) is 2.53. The first-order chi connectivity index (χ1) is 10.2. The minimum atomic E-state index is 0.291. The highest BCUT2D eigenvalue weighted by atomic mass is 79.9.